The van der Waals surface area contributed by atoms with Crippen LogP contribution >= 0.6 is 15.9 Å². The third-order valence-electron chi connectivity index (χ3n) is 3.42. The van der Waals surface area contributed by atoms with Crippen LogP contribution in [-0.4, -0.2) is 63.3 Å². The van der Waals surface area contributed by atoms with Crippen LogP contribution < -0.4 is 0 Å². The van der Waals surface area contributed by atoms with Gasteiger partial charge < -0.3 is 19.7 Å². The van der Waals surface area contributed by atoms with Gasteiger partial charge in [-0.1, -0.05) is 15.9 Å². The molecule has 9 heteroatoms. The Labute approximate surface area is 127 Å². The number of ketones is 2. The van der Waals surface area contributed by atoms with Gasteiger partial charge >= 0.3 is 5.97 Å². The van der Waals surface area contributed by atoms with Gasteiger partial charge in [0.15, 0.2) is 16.3 Å². The zero-order valence-electron chi connectivity index (χ0n) is 10.8. The maximum Gasteiger partial charge on any atom is 0.329 e. The lowest BCUT2D eigenvalue weighted by Gasteiger charge is -2.34. The second kappa shape index (κ2) is 6.07. The summed E-state index contributed by atoms with van der Waals surface area (Å²) in [5, 5.41) is 18.7. The molecule has 1 saturated heterocycles. The molecule has 0 aromatic heterocycles. The summed E-state index contributed by atoms with van der Waals surface area (Å²) >= 11 is 2.80. The molecular formula is C12H14BrFO7. The highest BCUT2D eigenvalue weighted by atomic mass is 79.9. The van der Waals surface area contributed by atoms with Crippen molar-refractivity contribution in [2.24, 2.45) is 0 Å². The normalized spacial score (nSPS) is 41.0. The molecule has 2 N–H and O–H groups in total. The van der Waals surface area contributed by atoms with Crippen molar-refractivity contribution in [2.45, 2.75) is 48.3 Å². The van der Waals surface area contributed by atoms with E-state index >= 15 is 0 Å². The smallest absolute Gasteiger partial charge is 0.329 e. The number of halogens is 2. The summed E-state index contributed by atoms with van der Waals surface area (Å²) in [5.41, 5.74) is 0. The number of hydrogen-bond acceptors (Lipinski definition) is 7. The molecule has 0 aromatic carbocycles. The molecule has 1 aliphatic carbocycles. The summed E-state index contributed by atoms with van der Waals surface area (Å²) < 4.78 is 21.8. The largest absolute Gasteiger partial charge is 0.435 e. The number of hydrogen-bond donors (Lipinski definition) is 2. The third-order valence-corrected chi connectivity index (χ3v) is 4.43. The summed E-state index contributed by atoms with van der Waals surface area (Å²) in [5.74, 6) is -2.70. The number of aliphatic hydroxyl groups excluding tert-OH is 2. The molecule has 21 heavy (non-hydrogen) atoms. The Morgan fingerprint density at radius 3 is 2.67 bits per heavy atom. The Morgan fingerprint density at radius 1 is 1.38 bits per heavy atom. The predicted octanol–water partition coefficient (Wildman–Crippen LogP) is -0.598. The first-order valence-electron chi connectivity index (χ1n) is 6.30. The molecule has 0 aromatic rings. The molecule has 0 spiro atoms. The molecule has 5 atom stereocenters. The van der Waals surface area contributed by atoms with Crippen molar-refractivity contribution in [1.82, 2.24) is 0 Å². The lowest BCUT2D eigenvalue weighted by Crippen LogP contribution is -2.54. The zero-order valence-corrected chi connectivity index (χ0v) is 12.4. The van der Waals surface area contributed by atoms with Crippen molar-refractivity contribution >= 4 is 33.5 Å². The summed E-state index contributed by atoms with van der Waals surface area (Å²) in [7, 11) is 0. The molecule has 2 aliphatic rings. The van der Waals surface area contributed by atoms with Gasteiger partial charge in [-0.25, -0.2) is 4.39 Å². The fraction of sp³-hybridized carbons (Fsp3) is 0.750. The van der Waals surface area contributed by atoms with Crippen LogP contribution in [0, 0.1) is 0 Å². The highest BCUT2D eigenvalue weighted by Crippen LogP contribution is 2.37. The topological polar surface area (TPSA) is 110 Å². The van der Waals surface area contributed by atoms with E-state index in [1.165, 1.54) is 0 Å². The van der Waals surface area contributed by atoms with Gasteiger partial charge in [-0.2, -0.15) is 0 Å². The molecule has 2 rings (SSSR count). The maximum absolute atomic E-state index is 14.0. The minimum absolute atomic E-state index is 0.186. The van der Waals surface area contributed by atoms with Gasteiger partial charge in [0.1, 0.15) is 11.9 Å². The number of carbonyl (C=O) groups is 3. The van der Waals surface area contributed by atoms with E-state index in [-0.39, 0.29) is 13.0 Å². The van der Waals surface area contributed by atoms with E-state index in [4.69, 9.17) is 9.47 Å². The standard InChI is InChI=1S/C12H14BrFO7/c13-12(3-5(15)1-7(17)10(12)14)11(19)21-9-2-6(16)8(18)4-20-9/h6,8-10,16,18H,1-4H2/t6-,8+,9+,10?,12?/m0/s1. The number of esters is 1. The minimum atomic E-state index is -2.19. The first-order chi connectivity index (χ1) is 9.74. The van der Waals surface area contributed by atoms with Crippen LogP contribution in [0.25, 0.3) is 0 Å². The second-order valence-electron chi connectivity index (χ2n) is 5.12. The average Bonchev–Trinajstić information content (AvgIpc) is 2.40. The van der Waals surface area contributed by atoms with Crippen LogP contribution in [0.15, 0.2) is 0 Å². The highest BCUT2D eigenvalue weighted by molar-refractivity contribution is 9.10. The lowest BCUT2D eigenvalue weighted by molar-refractivity contribution is -0.220. The van der Waals surface area contributed by atoms with Crippen LogP contribution in [-0.2, 0) is 23.9 Å². The molecule has 2 unspecified atom stereocenters. The van der Waals surface area contributed by atoms with Crippen molar-refractivity contribution in [3.63, 3.8) is 0 Å². The fourth-order valence-corrected chi connectivity index (χ4v) is 2.85. The number of rotatable bonds is 2. The van der Waals surface area contributed by atoms with Crippen LogP contribution in [0.2, 0.25) is 0 Å². The third kappa shape index (κ3) is 3.31. The van der Waals surface area contributed by atoms with Gasteiger partial charge in [0.25, 0.3) is 0 Å². The summed E-state index contributed by atoms with van der Waals surface area (Å²) in [4.78, 5) is 34.8. The molecule has 1 saturated carbocycles. The van der Waals surface area contributed by atoms with Gasteiger partial charge in [-0.15, -0.1) is 0 Å². The second-order valence-corrected chi connectivity index (χ2v) is 6.54. The van der Waals surface area contributed by atoms with Crippen molar-refractivity contribution in [3.05, 3.63) is 0 Å². The molecule has 0 bridgehead atoms. The quantitative estimate of drug-likeness (QED) is 0.380. The number of Topliss-reactive ketones (excluding diaryl/α,β-unsaturated/α-hetero) is 2. The molecule has 2 fully saturated rings. The molecule has 7 nitrogen and oxygen atoms in total. The van der Waals surface area contributed by atoms with E-state index in [2.05, 4.69) is 15.9 Å². The SMILES string of the molecule is O=C1CC(=O)C(F)C(Br)(C(=O)O[C@@H]2C[C@H](O)[C@H](O)CO2)C1. The Balaban J connectivity index is 2.05. The van der Waals surface area contributed by atoms with Crippen LogP contribution in [0.5, 0.6) is 0 Å². The van der Waals surface area contributed by atoms with Crippen molar-refractivity contribution in [1.29, 1.82) is 0 Å². The minimum Gasteiger partial charge on any atom is -0.435 e. The molecular weight excluding hydrogens is 355 g/mol. The van der Waals surface area contributed by atoms with E-state index in [0.717, 1.165) is 0 Å². The van der Waals surface area contributed by atoms with E-state index in [1.807, 2.05) is 0 Å². The van der Waals surface area contributed by atoms with Gasteiger partial charge in [-0.05, 0) is 0 Å². The average molecular weight is 369 g/mol. The van der Waals surface area contributed by atoms with Gasteiger partial charge in [0.2, 0.25) is 6.29 Å². The zero-order chi connectivity index (χ0) is 15.8. The highest BCUT2D eigenvalue weighted by Gasteiger charge is 2.54. The number of carbonyl (C=O) groups excluding carboxylic acids is 3. The maximum atomic E-state index is 14.0. The van der Waals surface area contributed by atoms with Crippen LogP contribution in [0.1, 0.15) is 19.3 Å². The first-order valence-corrected chi connectivity index (χ1v) is 7.09. The Morgan fingerprint density at radius 2 is 2.05 bits per heavy atom. The van der Waals surface area contributed by atoms with E-state index in [1.54, 1.807) is 0 Å². The fourth-order valence-electron chi connectivity index (χ4n) is 2.19. The van der Waals surface area contributed by atoms with Gasteiger partial charge in [0.05, 0.1) is 19.1 Å². The summed E-state index contributed by atoms with van der Waals surface area (Å²) in [6, 6.07) is 0. The monoisotopic (exact) mass is 368 g/mol. The van der Waals surface area contributed by atoms with Crippen molar-refractivity contribution in [3.8, 4) is 0 Å². The van der Waals surface area contributed by atoms with E-state index in [0.29, 0.717) is 0 Å². The van der Waals surface area contributed by atoms with E-state index < -0.39 is 59.4 Å². The Hall–Kier alpha value is -0.900. The van der Waals surface area contributed by atoms with Crippen molar-refractivity contribution in [2.75, 3.05) is 6.61 Å². The molecule has 0 radical (unpaired) electrons. The van der Waals surface area contributed by atoms with Gasteiger partial charge in [-0.3, -0.25) is 14.4 Å². The van der Waals surface area contributed by atoms with Crippen LogP contribution in [0.4, 0.5) is 4.39 Å². The number of aliphatic hydroxyl groups is 2. The number of alkyl halides is 2. The van der Waals surface area contributed by atoms with Gasteiger partial charge in [0, 0.05) is 12.8 Å². The molecule has 1 heterocycles. The lowest BCUT2D eigenvalue weighted by atomic mass is 9.85. The summed E-state index contributed by atoms with van der Waals surface area (Å²) in [6.45, 7) is -0.245. The summed E-state index contributed by atoms with van der Waals surface area (Å²) in [6.07, 6.45) is -6.84. The molecule has 0 amide bonds. The Bertz CT molecular complexity index is 471. The molecule has 118 valence electrons. The first kappa shape index (κ1) is 16.5. The Kier molecular flexibility index (Phi) is 4.76. The van der Waals surface area contributed by atoms with Crippen LogP contribution in [0.3, 0.4) is 0 Å². The number of ether oxygens (including phenoxy) is 2. The van der Waals surface area contributed by atoms with E-state index in [9.17, 15) is 29.0 Å². The predicted molar refractivity (Wildman–Crippen MR) is 68.3 cm³/mol. The van der Waals surface area contributed by atoms with Crippen molar-refractivity contribution < 1.29 is 38.5 Å². The molecule has 1 aliphatic heterocycles.